The van der Waals surface area contributed by atoms with Crippen molar-refractivity contribution >= 4 is 5.97 Å². The predicted molar refractivity (Wildman–Crippen MR) is 82.2 cm³/mol. The van der Waals surface area contributed by atoms with Gasteiger partial charge in [0.05, 0.1) is 0 Å². The van der Waals surface area contributed by atoms with Gasteiger partial charge in [-0.25, -0.2) is 4.79 Å². The van der Waals surface area contributed by atoms with Crippen molar-refractivity contribution in [2.45, 2.75) is 67.2 Å². The van der Waals surface area contributed by atoms with Gasteiger partial charge in [0.15, 0.2) is 0 Å². The van der Waals surface area contributed by atoms with Gasteiger partial charge in [-0.15, -0.1) is 0 Å². The standard InChI is InChI=1S/C14H28.C3H4O2/c1-11-7-8-12(9-11)10-14(5,6)13(2,3)4;1-2-3(4)5/h11-12H,7-10H2,1-6H3;2H,1H2,(H,4,5). The van der Waals surface area contributed by atoms with Gasteiger partial charge in [0, 0.05) is 6.08 Å². The van der Waals surface area contributed by atoms with Crippen LogP contribution >= 0.6 is 0 Å². The van der Waals surface area contributed by atoms with E-state index in [1.54, 1.807) is 0 Å². The molecule has 0 amide bonds. The molecule has 1 N–H and O–H groups in total. The number of hydrogen-bond donors (Lipinski definition) is 1. The van der Waals surface area contributed by atoms with Crippen molar-refractivity contribution < 1.29 is 9.90 Å². The first-order chi connectivity index (χ1) is 8.49. The summed E-state index contributed by atoms with van der Waals surface area (Å²) in [7, 11) is 0. The fourth-order valence-electron chi connectivity index (χ4n) is 2.54. The monoisotopic (exact) mass is 268 g/mol. The fourth-order valence-corrected chi connectivity index (χ4v) is 2.54. The molecule has 0 heterocycles. The van der Waals surface area contributed by atoms with Gasteiger partial charge in [0.2, 0.25) is 0 Å². The highest BCUT2D eigenvalue weighted by Crippen LogP contribution is 2.46. The van der Waals surface area contributed by atoms with Gasteiger partial charge < -0.3 is 5.11 Å². The maximum Gasteiger partial charge on any atom is 0.327 e. The second kappa shape index (κ2) is 7.12. The summed E-state index contributed by atoms with van der Waals surface area (Å²) in [6.45, 7) is 17.4. The molecular formula is C17H32O2. The Labute approximate surface area is 119 Å². The van der Waals surface area contributed by atoms with E-state index in [9.17, 15) is 4.79 Å². The molecule has 0 aromatic heterocycles. The maximum absolute atomic E-state index is 9.25. The van der Waals surface area contributed by atoms with Crippen molar-refractivity contribution in [2.24, 2.45) is 22.7 Å². The molecule has 112 valence electrons. The molecule has 0 aliphatic heterocycles. The third kappa shape index (κ3) is 6.79. The topological polar surface area (TPSA) is 37.3 Å². The fraction of sp³-hybridized carbons (Fsp3) is 0.824. The summed E-state index contributed by atoms with van der Waals surface area (Å²) in [5, 5.41) is 7.60. The molecule has 1 rings (SSSR count). The van der Waals surface area contributed by atoms with Crippen LogP contribution in [0.4, 0.5) is 0 Å². The highest BCUT2D eigenvalue weighted by Gasteiger charge is 2.36. The molecule has 1 aliphatic carbocycles. The third-order valence-electron chi connectivity index (χ3n) is 4.81. The van der Waals surface area contributed by atoms with E-state index in [0.717, 1.165) is 17.9 Å². The molecule has 1 saturated carbocycles. The van der Waals surface area contributed by atoms with Crippen molar-refractivity contribution in [3.8, 4) is 0 Å². The molecule has 2 heteroatoms. The van der Waals surface area contributed by atoms with E-state index in [4.69, 9.17) is 5.11 Å². The average molecular weight is 268 g/mol. The van der Waals surface area contributed by atoms with Gasteiger partial charge in [0.1, 0.15) is 0 Å². The van der Waals surface area contributed by atoms with Crippen LogP contribution in [0.25, 0.3) is 0 Å². The highest BCUT2D eigenvalue weighted by molar-refractivity contribution is 5.78. The smallest absolute Gasteiger partial charge is 0.327 e. The van der Waals surface area contributed by atoms with Crippen LogP contribution in [0.3, 0.4) is 0 Å². The van der Waals surface area contributed by atoms with Crippen molar-refractivity contribution in [2.75, 3.05) is 0 Å². The molecule has 2 unspecified atom stereocenters. The third-order valence-corrected chi connectivity index (χ3v) is 4.81. The van der Waals surface area contributed by atoms with E-state index in [0.29, 0.717) is 10.8 Å². The van der Waals surface area contributed by atoms with Crippen LogP contribution in [0.5, 0.6) is 0 Å². The minimum atomic E-state index is -0.981. The predicted octanol–water partition coefficient (Wildman–Crippen LogP) is 5.14. The number of carboxylic acid groups (broad SMARTS) is 1. The van der Waals surface area contributed by atoms with E-state index >= 15 is 0 Å². The molecule has 0 bridgehead atoms. The molecule has 1 aliphatic rings. The molecule has 19 heavy (non-hydrogen) atoms. The zero-order valence-electron chi connectivity index (χ0n) is 13.6. The van der Waals surface area contributed by atoms with Gasteiger partial charge >= 0.3 is 5.97 Å². The Morgan fingerprint density at radius 2 is 1.74 bits per heavy atom. The van der Waals surface area contributed by atoms with Crippen LogP contribution in [-0.2, 0) is 4.79 Å². The first-order valence-corrected chi connectivity index (χ1v) is 7.35. The first-order valence-electron chi connectivity index (χ1n) is 7.35. The Morgan fingerprint density at radius 1 is 1.26 bits per heavy atom. The Kier molecular flexibility index (Phi) is 6.82. The summed E-state index contributed by atoms with van der Waals surface area (Å²) in [5.41, 5.74) is 0.931. The lowest BCUT2D eigenvalue weighted by Crippen LogP contribution is -2.31. The van der Waals surface area contributed by atoms with E-state index in [1.807, 2.05) is 0 Å². The van der Waals surface area contributed by atoms with Gasteiger partial charge in [-0.2, -0.15) is 0 Å². The van der Waals surface area contributed by atoms with E-state index in [2.05, 4.69) is 48.1 Å². The molecule has 2 nitrogen and oxygen atoms in total. The minimum Gasteiger partial charge on any atom is -0.478 e. The lowest BCUT2D eigenvalue weighted by Gasteiger charge is -2.40. The van der Waals surface area contributed by atoms with Crippen molar-refractivity contribution in [3.63, 3.8) is 0 Å². The Hall–Kier alpha value is -0.790. The zero-order chi connectivity index (χ0) is 15.3. The molecule has 0 aromatic rings. The lowest BCUT2D eigenvalue weighted by atomic mass is 9.65. The van der Waals surface area contributed by atoms with Gasteiger partial charge in [-0.3, -0.25) is 0 Å². The van der Waals surface area contributed by atoms with Crippen LogP contribution in [0.2, 0.25) is 0 Å². The Morgan fingerprint density at radius 3 is 2.00 bits per heavy atom. The largest absolute Gasteiger partial charge is 0.478 e. The minimum absolute atomic E-state index is 0.443. The summed E-state index contributed by atoms with van der Waals surface area (Å²) < 4.78 is 0. The SMILES string of the molecule is C=CC(=O)O.CC1CCC(CC(C)(C)C(C)(C)C)C1. The zero-order valence-corrected chi connectivity index (χ0v) is 13.6. The Bertz CT molecular complexity index is 297. The molecule has 0 spiro atoms. The second-order valence-corrected chi connectivity index (χ2v) is 7.66. The number of carbonyl (C=O) groups is 1. The van der Waals surface area contributed by atoms with Gasteiger partial charge in [0.25, 0.3) is 0 Å². The average Bonchev–Trinajstić information content (AvgIpc) is 2.62. The Balaban J connectivity index is 0.000000555. The molecule has 0 radical (unpaired) electrons. The molecule has 0 aromatic carbocycles. The van der Waals surface area contributed by atoms with Crippen molar-refractivity contribution in [1.29, 1.82) is 0 Å². The normalized spacial score (nSPS) is 23.5. The van der Waals surface area contributed by atoms with E-state index in [-0.39, 0.29) is 0 Å². The quantitative estimate of drug-likeness (QED) is 0.719. The van der Waals surface area contributed by atoms with Gasteiger partial charge in [-0.05, 0) is 35.5 Å². The molecule has 0 saturated heterocycles. The molecule has 2 atom stereocenters. The summed E-state index contributed by atoms with van der Waals surface area (Å²) >= 11 is 0. The lowest BCUT2D eigenvalue weighted by molar-refractivity contribution is -0.131. The highest BCUT2D eigenvalue weighted by atomic mass is 16.4. The number of hydrogen-bond acceptors (Lipinski definition) is 1. The summed E-state index contributed by atoms with van der Waals surface area (Å²) in [6, 6.07) is 0. The summed E-state index contributed by atoms with van der Waals surface area (Å²) in [4.78, 5) is 9.25. The summed E-state index contributed by atoms with van der Waals surface area (Å²) in [5.74, 6) is 1.000. The second-order valence-electron chi connectivity index (χ2n) is 7.66. The number of rotatable bonds is 3. The van der Waals surface area contributed by atoms with Crippen molar-refractivity contribution in [3.05, 3.63) is 12.7 Å². The van der Waals surface area contributed by atoms with Crippen LogP contribution < -0.4 is 0 Å². The maximum atomic E-state index is 9.25. The summed E-state index contributed by atoms with van der Waals surface area (Å²) in [6.07, 6.45) is 6.66. The van der Waals surface area contributed by atoms with Crippen LogP contribution in [0.1, 0.15) is 67.2 Å². The number of aliphatic carboxylic acids is 1. The van der Waals surface area contributed by atoms with Crippen molar-refractivity contribution in [1.82, 2.24) is 0 Å². The van der Waals surface area contributed by atoms with Crippen LogP contribution in [-0.4, -0.2) is 11.1 Å². The van der Waals surface area contributed by atoms with E-state index in [1.165, 1.54) is 25.7 Å². The van der Waals surface area contributed by atoms with Crippen LogP contribution in [0, 0.1) is 22.7 Å². The molecular weight excluding hydrogens is 236 g/mol. The van der Waals surface area contributed by atoms with Crippen LogP contribution in [0.15, 0.2) is 12.7 Å². The van der Waals surface area contributed by atoms with E-state index < -0.39 is 5.97 Å². The molecule has 1 fully saturated rings. The van der Waals surface area contributed by atoms with Gasteiger partial charge in [-0.1, -0.05) is 61.0 Å². The first kappa shape index (κ1) is 18.2. The number of carboxylic acids is 1.